The summed E-state index contributed by atoms with van der Waals surface area (Å²) >= 11 is 1.69. The fourth-order valence-electron chi connectivity index (χ4n) is 3.30. The van der Waals surface area contributed by atoms with Gasteiger partial charge in [-0.25, -0.2) is 15.0 Å². The zero-order chi connectivity index (χ0) is 21.5. The van der Waals surface area contributed by atoms with Crippen LogP contribution in [-0.4, -0.2) is 45.3 Å². The fraction of sp³-hybridized carbons (Fsp3) is 0.409. The summed E-state index contributed by atoms with van der Waals surface area (Å²) in [6, 6.07) is 4.09. The Morgan fingerprint density at radius 2 is 1.94 bits per heavy atom. The van der Waals surface area contributed by atoms with Gasteiger partial charge in [-0.3, -0.25) is 0 Å². The summed E-state index contributed by atoms with van der Waals surface area (Å²) in [6.07, 6.45) is 10.5. The highest BCUT2D eigenvalue weighted by molar-refractivity contribution is 7.10. The SMILES string of the molecule is CCc1cnc(N2CCC(Oc3ncnc(ON=CCc4cccs4)c3C)CC2)nc1. The highest BCUT2D eigenvalue weighted by atomic mass is 32.1. The minimum absolute atomic E-state index is 0.0787. The standard InChI is InChI=1S/C22H26N6O2S/c1-3-17-13-23-22(24-14-17)28-10-7-18(8-11-28)29-20-16(2)21(26-15-25-20)30-27-9-6-19-5-4-12-31-19/h4-5,9,12-15,18H,3,6-8,10-11H2,1-2H3. The van der Waals surface area contributed by atoms with Crippen molar-refractivity contribution >= 4 is 23.5 Å². The molecule has 3 aromatic rings. The first kappa shape index (κ1) is 21.2. The summed E-state index contributed by atoms with van der Waals surface area (Å²) in [4.78, 5) is 26.4. The Morgan fingerprint density at radius 3 is 2.65 bits per heavy atom. The first-order chi connectivity index (χ1) is 15.2. The monoisotopic (exact) mass is 438 g/mol. The highest BCUT2D eigenvalue weighted by Crippen LogP contribution is 2.26. The molecule has 1 aliphatic heterocycles. The van der Waals surface area contributed by atoms with Gasteiger partial charge in [-0.15, -0.1) is 11.3 Å². The lowest BCUT2D eigenvalue weighted by Crippen LogP contribution is -2.39. The Morgan fingerprint density at radius 1 is 1.16 bits per heavy atom. The molecule has 31 heavy (non-hydrogen) atoms. The van der Waals surface area contributed by atoms with E-state index in [-0.39, 0.29) is 6.10 Å². The number of hydrogen-bond donors (Lipinski definition) is 0. The molecule has 0 bridgehead atoms. The summed E-state index contributed by atoms with van der Waals surface area (Å²) in [5.41, 5.74) is 1.90. The van der Waals surface area contributed by atoms with Crippen LogP contribution >= 0.6 is 11.3 Å². The third kappa shape index (κ3) is 5.55. The van der Waals surface area contributed by atoms with E-state index in [9.17, 15) is 0 Å². The molecule has 1 fully saturated rings. The van der Waals surface area contributed by atoms with E-state index in [4.69, 9.17) is 9.57 Å². The molecular weight excluding hydrogens is 412 g/mol. The molecule has 1 aliphatic rings. The number of rotatable bonds is 8. The van der Waals surface area contributed by atoms with Gasteiger partial charge in [0, 0.05) is 55.8 Å². The molecule has 8 nitrogen and oxygen atoms in total. The largest absolute Gasteiger partial charge is 0.474 e. The van der Waals surface area contributed by atoms with Crippen LogP contribution in [0.25, 0.3) is 0 Å². The Hall–Kier alpha value is -3.07. The Kier molecular flexibility index (Phi) is 7.03. The van der Waals surface area contributed by atoms with Gasteiger partial charge in [0.2, 0.25) is 11.8 Å². The van der Waals surface area contributed by atoms with Gasteiger partial charge in [0.05, 0.1) is 5.56 Å². The van der Waals surface area contributed by atoms with Crippen molar-refractivity contribution in [3.63, 3.8) is 0 Å². The quantitative estimate of drug-likeness (QED) is 0.390. The van der Waals surface area contributed by atoms with Crippen molar-refractivity contribution in [2.24, 2.45) is 5.16 Å². The van der Waals surface area contributed by atoms with E-state index in [1.807, 2.05) is 30.8 Å². The molecule has 1 saturated heterocycles. The van der Waals surface area contributed by atoms with E-state index in [2.05, 4.69) is 43.0 Å². The minimum Gasteiger partial charge on any atom is -0.474 e. The van der Waals surface area contributed by atoms with Gasteiger partial charge < -0.3 is 14.5 Å². The summed E-state index contributed by atoms with van der Waals surface area (Å²) in [6.45, 7) is 5.68. The third-order valence-corrected chi connectivity index (χ3v) is 6.08. The number of piperidine rings is 1. The van der Waals surface area contributed by atoms with E-state index in [0.29, 0.717) is 11.8 Å². The van der Waals surface area contributed by atoms with Crippen molar-refractivity contribution in [1.29, 1.82) is 0 Å². The molecule has 4 heterocycles. The second-order valence-corrected chi connectivity index (χ2v) is 8.35. The normalized spacial score (nSPS) is 14.8. The topological polar surface area (TPSA) is 85.6 Å². The molecule has 4 rings (SSSR count). The smallest absolute Gasteiger partial charge is 0.258 e. The molecule has 0 unspecified atom stereocenters. The predicted molar refractivity (Wildman–Crippen MR) is 121 cm³/mol. The lowest BCUT2D eigenvalue weighted by atomic mass is 10.1. The van der Waals surface area contributed by atoms with Crippen molar-refractivity contribution in [2.45, 2.75) is 45.6 Å². The molecule has 3 aromatic heterocycles. The van der Waals surface area contributed by atoms with Crippen LogP contribution in [-0.2, 0) is 12.8 Å². The average molecular weight is 439 g/mol. The number of aryl methyl sites for hydroxylation is 1. The maximum atomic E-state index is 6.16. The molecule has 162 valence electrons. The molecule has 0 N–H and O–H groups in total. The molecule has 0 amide bonds. The van der Waals surface area contributed by atoms with E-state index < -0.39 is 0 Å². The molecule has 0 spiro atoms. The van der Waals surface area contributed by atoms with E-state index in [1.165, 1.54) is 11.2 Å². The summed E-state index contributed by atoms with van der Waals surface area (Å²) < 4.78 is 6.16. The van der Waals surface area contributed by atoms with Crippen LogP contribution in [0.5, 0.6) is 11.8 Å². The fourth-order valence-corrected chi connectivity index (χ4v) is 3.96. The van der Waals surface area contributed by atoms with Crippen molar-refractivity contribution in [1.82, 2.24) is 19.9 Å². The average Bonchev–Trinajstić information content (AvgIpc) is 3.33. The molecule has 0 saturated carbocycles. The van der Waals surface area contributed by atoms with Crippen LogP contribution in [0.4, 0.5) is 5.95 Å². The van der Waals surface area contributed by atoms with E-state index in [1.54, 1.807) is 17.6 Å². The first-order valence-corrected chi connectivity index (χ1v) is 11.4. The van der Waals surface area contributed by atoms with Crippen LogP contribution in [0.1, 0.15) is 35.8 Å². The van der Waals surface area contributed by atoms with Crippen LogP contribution < -0.4 is 14.5 Å². The van der Waals surface area contributed by atoms with E-state index >= 15 is 0 Å². The van der Waals surface area contributed by atoms with Crippen LogP contribution in [0, 0.1) is 6.92 Å². The maximum absolute atomic E-state index is 6.16. The van der Waals surface area contributed by atoms with Crippen molar-refractivity contribution < 1.29 is 9.57 Å². The second kappa shape index (κ2) is 10.3. The lowest BCUT2D eigenvalue weighted by molar-refractivity contribution is 0.160. The summed E-state index contributed by atoms with van der Waals surface area (Å²) in [5, 5.41) is 6.08. The minimum atomic E-state index is 0.0787. The summed E-state index contributed by atoms with van der Waals surface area (Å²) in [5.74, 6) is 1.74. The van der Waals surface area contributed by atoms with Crippen molar-refractivity contribution in [3.05, 3.63) is 52.2 Å². The zero-order valence-corrected chi connectivity index (χ0v) is 18.6. The number of nitrogens with zero attached hydrogens (tertiary/aromatic N) is 6. The molecular formula is C22H26N6O2S. The zero-order valence-electron chi connectivity index (χ0n) is 17.8. The maximum Gasteiger partial charge on any atom is 0.258 e. The first-order valence-electron chi connectivity index (χ1n) is 10.5. The number of hydrogen-bond acceptors (Lipinski definition) is 9. The molecule has 9 heteroatoms. The number of aromatic nitrogens is 4. The van der Waals surface area contributed by atoms with Crippen molar-refractivity contribution in [3.8, 4) is 11.8 Å². The molecule has 0 aromatic carbocycles. The number of oxime groups is 1. The van der Waals surface area contributed by atoms with Crippen LogP contribution in [0.3, 0.4) is 0 Å². The lowest BCUT2D eigenvalue weighted by Gasteiger charge is -2.32. The molecule has 0 aliphatic carbocycles. The predicted octanol–water partition coefficient (Wildman–Crippen LogP) is 3.85. The van der Waals surface area contributed by atoms with Gasteiger partial charge in [0.1, 0.15) is 12.4 Å². The van der Waals surface area contributed by atoms with Gasteiger partial charge in [-0.2, -0.15) is 4.98 Å². The Balaban J connectivity index is 1.30. The van der Waals surface area contributed by atoms with Gasteiger partial charge in [0.15, 0.2) is 0 Å². The Labute approximate surface area is 186 Å². The third-order valence-electron chi connectivity index (χ3n) is 5.18. The van der Waals surface area contributed by atoms with Gasteiger partial charge in [-0.1, -0.05) is 18.1 Å². The number of ether oxygens (including phenoxy) is 1. The number of anilines is 1. The number of thiophene rings is 1. The molecule has 0 radical (unpaired) electrons. The molecule has 0 atom stereocenters. The summed E-state index contributed by atoms with van der Waals surface area (Å²) in [7, 11) is 0. The van der Waals surface area contributed by atoms with Crippen LogP contribution in [0.15, 0.2) is 41.4 Å². The van der Waals surface area contributed by atoms with E-state index in [0.717, 1.165) is 55.8 Å². The van der Waals surface area contributed by atoms with Crippen molar-refractivity contribution in [2.75, 3.05) is 18.0 Å². The van der Waals surface area contributed by atoms with Gasteiger partial charge in [-0.05, 0) is 30.4 Å². The van der Waals surface area contributed by atoms with Crippen LogP contribution in [0.2, 0.25) is 0 Å². The van der Waals surface area contributed by atoms with Gasteiger partial charge >= 0.3 is 0 Å². The second-order valence-electron chi connectivity index (χ2n) is 7.32. The van der Waals surface area contributed by atoms with Gasteiger partial charge in [0.25, 0.3) is 5.88 Å². The Bertz CT molecular complexity index is 986. The highest BCUT2D eigenvalue weighted by Gasteiger charge is 2.24.